The predicted octanol–water partition coefficient (Wildman–Crippen LogP) is 0.852. The SMILES string of the molecule is COCC(C)NC(=O)C1C=CC2=C(N1)N(C(=O)Nc1ccccn1)[C@H]1CCN2C1. The van der Waals surface area contributed by atoms with E-state index in [0.29, 0.717) is 18.2 Å². The molecule has 2 bridgehead atoms. The Hall–Kier alpha value is -3.07. The lowest BCUT2D eigenvalue weighted by atomic mass is 10.1. The van der Waals surface area contributed by atoms with E-state index in [2.05, 4.69) is 25.8 Å². The van der Waals surface area contributed by atoms with E-state index in [1.165, 1.54) is 0 Å². The third-order valence-electron chi connectivity index (χ3n) is 5.30. The topological polar surface area (TPSA) is 98.8 Å². The van der Waals surface area contributed by atoms with Gasteiger partial charge in [0, 0.05) is 32.4 Å². The van der Waals surface area contributed by atoms with Crippen molar-refractivity contribution in [3.05, 3.63) is 48.1 Å². The van der Waals surface area contributed by atoms with Gasteiger partial charge in [-0.1, -0.05) is 12.1 Å². The Morgan fingerprint density at radius 1 is 1.41 bits per heavy atom. The van der Waals surface area contributed by atoms with Crippen LogP contribution in [0.25, 0.3) is 0 Å². The minimum atomic E-state index is -0.558. The van der Waals surface area contributed by atoms with Crippen LogP contribution in [0.2, 0.25) is 0 Å². The van der Waals surface area contributed by atoms with Gasteiger partial charge in [0.05, 0.1) is 18.3 Å². The summed E-state index contributed by atoms with van der Waals surface area (Å²) >= 11 is 0. The Kier molecular flexibility index (Phi) is 5.39. The van der Waals surface area contributed by atoms with Gasteiger partial charge >= 0.3 is 6.03 Å². The third kappa shape index (κ3) is 3.91. The van der Waals surface area contributed by atoms with Crippen LogP contribution in [0, 0.1) is 0 Å². The highest BCUT2D eigenvalue weighted by Gasteiger charge is 2.42. The molecule has 3 atom stereocenters. The number of fused-ring (bicyclic) bond motifs is 3. The highest BCUT2D eigenvalue weighted by Crippen LogP contribution is 2.33. The summed E-state index contributed by atoms with van der Waals surface area (Å²) in [5.41, 5.74) is 0.934. The van der Waals surface area contributed by atoms with E-state index in [-0.39, 0.29) is 24.0 Å². The quantitative estimate of drug-likeness (QED) is 0.680. The highest BCUT2D eigenvalue weighted by atomic mass is 16.5. The summed E-state index contributed by atoms with van der Waals surface area (Å²) in [6, 6.07) is 4.51. The van der Waals surface area contributed by atoms with Gasteiger partial charge in [0.25, 0.3) is 0 Å². The Morgan fingerprint density at radius 3 is 3.03 bits per heavy atom. The average Bonchev–Trinajstić information content (AvgIpc) is 3.13. The van der Waals surface area contributed by atoms with Crippen LogP contribution in [0.3, 0.4) is 0 Å². The minimum absolute atomic E-state index is 0.0487. The molecule has 0 radical (unpaired) electrons. The number of urea groups is 1. The lowest BCUT2D eigenvalue weighted by Crippen LogP contribution is -2.56. The van der Waals surface area contributed by atoms with Gasteiger partial charge in [-0.2, -0.15) is 0 Å². The fourth-order valence-corrected chi connectivity index (χ4v) is 3.99. The van der Waals surface area contributed by atoms with Gasteiger partial charge in [-0.25, -0.2) is 9.78 Å². The normalized spacial score (nSPS) is 23.4. The first-order chi connectivity index (χ1) is 14.1. The molecule has 1 fully saturated rings. The summed E-state index contributed by atoms with van der Waals surface area (Å²) in [6.07, 6.45) is 6.28. The van der Waals surface area contributed by atoms with Crippen molar-refractivity contribution in [2.45, 2.75) is 31.5 Å². The van der Waals surface area contributed by atoms with E-state index in [4.69, 9.17) is 4.74 Å². The van der Waals surface area contributed by atoms with Crippen molar-refractivity contribution in [2.75, 3.05) is 32.1 Å². The number of dihydropyridines is 1. The number of anilines is 1. The lowest BCUT2D eigenvalue weighted by Gasteiger charge is -2.41. The van der Waals surface area contributed by atoms with Crippen LogP contribution in [0.15, 0.2) is 48.1 Å². The van der Waals surface area contributed by atoms with Crippen molar-refractivity contribution in [2.24, 2.45) is 0 Å². The van der Waals surface area contributed by atoms with Gasteiger partial charge in [0.15, 0.2) is 0 Å². The molecule has 9 heteroatoms. The molecule has 9 nitrogen and oxygen atoms in total. The molecule has 154 valence electrons. The summed E-state index contributed by atoms with van der Waals surface area (Å²) in [5.74, 6) is 0.999. The molecule has 1 aromatic heterocycles. The summed E-state index contributed by atoms with van der Waals surface area (Å²) < 4.78 is 5.08. The number of carbonyl (C=O) groups is 2. The first kappa shape index (κ1) is 19.3. The second kappa shape index (κ2) is 8.12. The first-order valence-electron chi connectivity index (χ1n) is 9.81. The van der Waals surface area contributed by atoms with Crippen LogP contribution in [0.1, 0.15) is 13.3 Å². The van der Waals surface area contributed by atoms with Gasteiger partial charge < -0.3 is 20.3 Å². The van der Waals surface area contributed by atoms with Crippen molar-refractivity contribution >= 4 is 17.8 Å². The van der Waals surface area contributed by atoms with Crippen LogP contribution in [-0.4, -0.2) is 71.7 Å². The Balaban J connectivity index is 1.53. The van der Waals surface area contributed by atoms with E-state index in [1.54, 1.807) is 30.3 Å². The monoisotopic (exact) mass is 398 g/mol. The molecule has 3 amide bonds. The molecule has 1 aromatic rings. The van der Waals surface area contributed by atoms with Crippen LogP contribution in [0.4, 0.5) is 10.6 Å². The lowest BCUT2D eigenvalue weighted by molar-refractivity contribution is -0.123. The Labute approximate surface area is 169 Å². The second-order valence-electron chi connectivity index (χ2n) is 7.48. The number of ether oxygens (including phenoxy) is 1. The van der Waals surface area contributed by atoms with E-state index < -0.39 is 6.04 Å². The second-order valence-corrected chi connectivity index (χ2v) is 7.48. The van der Waals surface area contributed by atoms with Crippen molar-refractivity contribution in [1.29, 1.82) is 0 Å². The zero-order chi connectivity index (χ0) is 20.4. The third-order valence-corrected chi connectivity index (χ3v) is 5.30. The fourth-order valence-electron chi connectivity index (χ4n) is 3.99. The van der Waals surface area contributed by atoms with Crippen LogP contribution < -0.4 is 16.0 Å². The zero-order valence-electron chi connectivity index (χ0n) is 16.6. The predicted molar refractivity (Wildman–Crippen MR) is 108 cm³/mol. The number of methoxy groups -OCH3 is 1. The molecule has 0 saturated carbocycles. The van der Waals surface area contributed by atoms with Crippen LogP contribution in [0.5, 0.6) is 0 Å². The summed E-state index contributed by atoms with van der Waals surface area (Å²) in [5, 5.41) is 9.05. The fraction of sp³-hybridized carbons (Fsp3) is 0.450. The Bertz CT molecular complexity index is 840. The number of pyridine rings is 1. The van der Waals surface area contributed by atoms with Gasteiger partial charge in [0.2, 0.25) is 5.91 Å². The zero-order valence-corrected chi connectivity index (χ0v) is 16.6. The van der Waals surface area contributed by atoms with Crippen LogP contribution >= 0.6 is 0 Å². The van der Waals surface area contributed by atoms with Gasteiger partial charge in [-0.3, -0.25) is 15.0 Å². The van der Waals surface area contributed by atoms with Gasteiger partial charge in [0.1, 0.15) is 17.7 Å². The first-order valence-corrected chi connectivity index (χ1v) is 9.81. The maximum Gasteiger partial charge on any atom is 0.328 e. The van der Waals surface area contributed by atoms with E-state index >= 15 is 0 Å². The molecule has 29 heavy (non-hydrogen) atoms. The van der Waals surface area contributed by atoms with Crippen molar-refractivity contribution < 1.29 is 14.3 Å². The maximum atomic E-state index is 13.1. The molecule has 0 aromatic carbocycles. The molecule has 2 unspecified atom stereocenters. The number of nitrogens with zero attached hydrogens (tertiary/aromatic N) is 3. The summed E-state index contributed by atoms with van der Waals surface area (Å²) in [6.45, 7) is 3.98. The highest BCUT2D eigenvalue weighted by molar-refractivity contribution is 5.91. The number of hydrogen-bond donors (Lipinski definition) is 3. The van der Waals surface area contributed by atoms with Gasteiger partial charge in [-0.05, 0) is 31.6 Å². The number of rotatable bonds is 5. The molecule has 3 aliphatic heterocycles. The van der Waals surface area contributed by atoms with E-state index in [0.717, 1.165) is 25.2 Å². The van der Waals surface area contributed by atoms with Gasteiger partial charge in [-0.15, -0.1) is 0 Å². The maximum absolute atomic E-state index is 13.1. The molecule has 1 saturated heterocycles. The smallest absolute Gasteiger partial charge is 0.328 e. The molecule has 0 aliphatic carbocycles. The van der Waals surface area contributed by atoms with Crippen molar-refractivity contribution in [3.63, 3.8) is 0 Å². The number of amides is 3. The van der Waals surface area contributed by atoms with E-state index in [1.807, 2.05) is 25.1 Å². The van der Waals surface area contributed by atoms with Crippen molar-refractivity contribution in [1.82, 2.24) is 25.4 Å². The average molecular weight is 398 g/mol. The molecular weight excluding hydrogens is 372 g/mol. The standard InChI is InChI=1S/C20H26N6O3/c1-13(12-29-2)22-19(27)15-6-7-16-18(23-15)26(14-8-10-25(16)11-14)20(28)24-17-5-3-4-9-21-17/h3-7,9,13-15,23H,8,10-12H2,1-2H3,(H,22,27)(H,21,24,28)/t13?,14-,15?/m0/s1. The molecule has 3 aliphatic rings. The largest absolute Gasteiger partial charge is 0.383 e. The molecule has 4 rings (SSSR count). The minimum Gasteiger partial charge on any atom is -0.383 e. The van der Waals surface area contributed by atoms with Crippen LogP contribution in [-0.2, 0) is 9.53 Å². The molecule has 3 N–H and O–H groups in total. The molecule has 0 spiro atoms. The molecular formula is C20H26N6O3. The van der Waals surface area contributed by atoms with E-state index in [9.17, 15) is 9.59 Å². The number of hydrogen-bond acceptors (Lipinski definition) is 6. The van der Waals surface area contributed by atoms with Crippen molar-refractivity contribution in [3.8, 4) is 0 Å². The number of nitrogens with one attached hydrogen (secondary N) is 3. The molecule has 4 heterocycles. The number of carbonyl (C=O) groups excluding carboxylic acids is 2. The summed E-state index contributed by atoms with van der Waals surface area (Å²) in [4.78, 5) is 33.9. The number of allylic oxidation sites excluding steroid dienone is 1. The Morgan fingerprint density at radius 2 is 2.28 bits per heavy atom. The number of aromatic nitrogens is 1. The summed E-state index contributed by atoms with van der Waals surface area (Å²) in [7, 11) is 1.60.